The van der Waals surface area contributed by atoms with Gasteiger partial charge in [0.15, 0.2) is 5.78 Å². The van der Waals surface area contributed by atoms with Gasteiger partial charge in [-0.05, 0) is 19.1 Å². The van der Waals surface area contributed by atoms with Gasteiger partial charge >= 0.3 is 0 Å². The molecule has 0 unspecified atom stereocenters. The Balaban J connectivity index is 1.65. The number of carbonyl (C=O) groups excluding carboxylic acids is 1. The van der Waals surface area contributed by atoms with Gasteiger partial charge in [-0.2, -0.15) is 10.1 Å². The van der Waals surface area contributed by atoms with Crippen LogP contribution in [0.15, 0.2) is 47.0 Å². The summed E-state index contributed by atoms with van der Waals surface area (Å²) < 4.78 is 5.15. The summed E-state index contributed by atoms with van der Waals surface area (Å²) in [4.78, 5) is 16.3. The molecule has 6 heteroatoms. The molecule has 0 atom stereocenters. The predicted octanol–water partition coefficient (Wildman–Crippen LogP) is 2.65. The maximum atomic E-state index is 12.0. The zero-order valence-corrected chi connectivity index (χ0v) is 12.1. The molecule has 0 radical (unpaired) electrons. The normalized spacial score (nSPS) is 10.6. The highest BCUT2D eigenvalue weighted by Crippen LogP contribution is 2.13. The average molecular weight is 294 g/mol. The third-order valence-electron chi connectivity index (χ3n) is 3.16. The van der Waals surface area contributed by atoms with E-state index in [0.717, 1.165) is 5.69 Å². The minimum absolute atomic E-state index is 0.0514. The van der Waals surface area contributed by atoms with Crippen LogP contribution in [-0.4, -0.2) is 26.1 Å². The first-order valence-corrected chi connectivity index (χ1v) is 6.94. The van der Waals surface area contributed by atoms with Crippen LogP contribution >= 0.6 is 0 Å². The van der Waals surface area contributed by atoms with E-state index in [-0.39, 0.29) is 5.78 Å². The Hall–Kier alpha value is -2.89. The van der Waals surface area contributed by atoms with Crippen molar-refractivity contribution in [1.29, 1.82) is 0 Å². The third kappa shape index (κ3) is 3.22. The number of hydrogen-bond donors (Lipinski definition) is 0. The first kappa shape index (κ1) is 14.1. The minimum Gasteiger partial charge on any atom is -0.339 e. The first-order chi connectivity index (χ1) is 10.7. The summed E-state index contributed by atoms with van der Waals surface area (Å²) in [6, 6.07) is 12.8. The van der Waals surface area contributed by atoms with Gasteiger partial charge in [-0.15, -0.1) is 5.10 Å². The van der Waals surface area contributed by atoms with Crippen LogP contribution in [0.25, 0.3) is 11.5 Å². The van der Waals surface area contributed by atoms with Crippen LogP contribution in [0, 0.1) is 6.92 Å². The number of aromatic nitrogens is 4. The fourth-order valence-corrected chi connectivity index (χ4v) is 1.97. The van der Waals surface area contributed by atoms with E-state index in [9.17, 15) is 4.79 Å². The molecule has 6 nitrogen and oxygen atoms in total. The van der Waals surface area contributed by atoms with Crippen molar-refractivity contribution in [2.45, 2.75) is 19.8 Å². The summed E-state index contributed by atoms with van der Waals surface area (Å²) in [6.45, 7) is 1.85. The Morgan fingerprint density at radius 2 is 1.91 bits per heavy atom. The number of nitrogens with zero attached hydrogens (tertiary/aromatic N) is 4. The molecule has 3 aromatic rings. The molecule has 0 aliphatic heterocycles. The third-order valence-corrected chi connectivity index (χ3v) is 3.16. The SMILES string of the molecule is Cc1ccc(-c2noc(CCC(=O)c3ccccc3)n2)nn1. The first-order valence-electron chi connectivity index (χ1n) is 6.94. The maximum Gasteiger partial charge on any atom is 0.227 e. The van der Waals surface area contributed by atoms with Crippen molar-refractivity contribution in [1.82, 2.24) is 20.3 Å². The average Bonchev–Trinajstić information content (AvgIpc) is 3.03. The van der Waals surface area contributed by atoms with Crippen LogP contribution in [0.1, 0.15) is 28.4 Å². The van der Waals surface area contributed by atoms with Crippen molar-refractivity contribution in [3.8, 4) is 11.5 Å². The van der Waals surface area contributed by atoms with Gasteiger partial charge in [0, 0.05) is 18.4 Å². The Labute approximate surface area is 127 Å². The standard InChI is InChI=1S/C16H14N4O2/c1-11-7-8-13(19-18-11)16-17-15(22-20-16)10-9-14(21)12-5-3-2-4-6-12/h2-8H,9-10H2,1H3. The van der Waals surface area contributed by atoms with Crippen LogP contribution < -0.4 is 0 Å². The summed E-state index contributed by atoms with van der Waals surface area (Å²) in [5.74, 6) is 0.854. The lowest BCUT2D eigenvalue weighted by Gasteiger charge is -1.97. The molecule has 0 bridgehead atoms. The van der Waals surface area contributed by atoms with Crippen LogP contribution in [0.4, 0.5) is 0 Å². The molecule has 0 amide bonds. The Kier molecular flexibility index (Phi) is 4.00. The lowest BCUT2D eigenvalue weighted by molar-refractivity contribution is 0.0979. The van der Waals surface area contributed by atoms with E-state index < -0.39 is 0 Å². The molecule has 0 spiro atoms. The molecule has 2 aromatic heterocycles. The van der Waals surface area contributed by atoms with E-state index in [4.69, 9.17) is 4.52 Å². The molecule has 0 aliphatic carbocycles. The van der Waals surface area contributed by atoms with Crippen molar-refractivity contribution in [2.75, 3.05) is 0 Å². The van der Waals surface area contributed by atoms with E-state index in [1.807, 2.05) is 31.2 Å². The van der Waals surface area contributed by atoms with Gasteiger partial charge in [-0.25, -0.2) is 0 Å². The van der Waals surface area contributed by atoms with E-state index in [1.54, 1.807) is 18.2 Å². The smallest absolute Gasteiger partial charge is 0.227 e. The summed E-state index contributed by atoms with van der Waals surface area (Å²) in [5, 5.41) is 11.8. The second-order valence-electron chi connectivity index (χ2n) is 4.86. The highest BCUT2D eigenvalue weighted by Gasteiger charge is 2.12. The number of hydrogen-bond acceptors (Lipinski definition) is 6. The van der Waals surface area contributed by atoms with Gasteiger partial charge in [-0.1, -0.05) is 35.5 Å². The molecule has 0 N–H and O–H groups in total. The summed E-state index contributed by atoms with van der Waals surface area (Å²) in [5.41, 5.74) is 2.06. The summed E-state index contributed by atoms with van der Waals surface area (Å²) >= 11 is 0. The van der Waals surface area contributed by atoms with Crippen molar-refractivity contribution in [2.24, 2.45) is 0 Å². The fraction of sp³-hybridized carbons (Fsp3) is 0.188. The molecule has 0 fully saturated rings. The molecule has 0 saturated carbocycles. The number of ketones is 1. The molecule has 1 aromatic carbocycles. The Morgan fingerprint density at radius 1 is 1.09 bits per heavy atom. The number of aryl methyl sites for hydroxylation is 2. The molecule has 22 heavy (non-hydrogen) atoms. The Morgan fingerprint density at radius 3 is 2.64 bits per heavy atom. The number of rotatable bonds is 5. The van der Waals surface area contributed by atoms with Gasteiger partial charge in [-0.3, -0.25) is 4.79 Å². The van der Waals surface area contributed by atoms with E-state index in [0.29, 0.717) is 35.8 Å². The molecule has 3 rings (SSSR count). The van der Waals surface area contributed by atoms with Crippen molar-refractivity contribution in [3.63, 3.8) is 0 Å². The van der Waals surface area contributed by atoms with Gasteiger partial charge in [0.1, 0.15) is 5.69 Å². The van der Waals surface area contributed by atoms with Gasteiger partial charge < -0.3 is 4.52 Å². The quantitative estimate of drug-likeness (QED) is 0.673. The van der Waals surface area contributed by atoms with E-state index in [2.05, 4.69) is 20.3 Å². The lowest BCUT2D eigenvalue weighted by Crippen LogP contribution is -2.01. The molecule has 0 aliphatic rings. The van der Waals surface area contributed by atoms with Crippen molar-refractivity contribution < 1.29 is 9.32 Å². The summed E-state index contributed by atoms with van der Waals surface area (Å²) in [6.07, 6.45) is 0.727. The number of benzene rings is 1. The van der Waals surface area contributed by atoms with Crippen LogP contribution in [-0.2, 0) is 6.42 Å². The Bertz CT molecular complexity index is 766. The zero-order valence-electron chi connectivity index (χ0n) is 12.1. The predicted molar refractivity (Wildman–Crippen MR) is 79.2 cm³/mol. The largest absolute Gasteiger partial charge is 0.339 e. The van der Waals surface area contributed by atoms with Crippen LogP contribution in [0.3, 0.4) is 0 Å². The molecule has 0 saturated heterocycles. The minimum atomic E-state index is 0.0514. The second-order valence-corrected chi connectivity index (χ2v) is 4.86. The maximum absolute atomic E-state index is 12.0. The van der Waals surface area contributed by atoms with Crippen LogP contribution in [0.2, 0.25) is 0 Å². The molecular formula is C16H14N4O2. The number of carbonyl (C=O) groups is 1. The van der Waals surface area contributed by atoms with E-state index in [1.165, 1.54) is 0 Å². The summed E-state index contributed by atoms with van der Waals surface area (Å²) in [7, 11) is 0. The fourth-order valence-electron chi connectivity index (χ4n) is 1.97. The monoisotopic (exact) mass is 294 g/mol. The highest BCUT2D eigenvalue weighted by atomic mass is 16.5. The topological polar surface area (TPSA) is 81.8 Å². The molecule has 110 valence electrons. The zero-order chi connectivity index (χ0) is 15.4. The van der Waals surface area contributed by atoms with Gasteiger partial charge in [0.05, 0.1) is 5.69 Å². The van der Waals surface area contributed by atoms with Crippen LogP contribution in [0.5, 0.6) is 0 Å². The lowest BCUT2D eigenvalue weighted by atomic mass is 10.1. The van der Waals surface area contributed by atoms with E-state index >= 15 is 0 Å². The second kappa shape index (κ2) is 6.26. The number of Topliss-reactive ketones (excluding diaryl/α,β-unsaturated/α-hetero) is 1. The van der Waals surface area contributed by atoms with Gasteiger partial charge in [0.25, 0.3) is 0 Å². The van der Waals surface area contributed by atoms with Crippen molar-refractivity contribution in [3.05, 3.63) is 59.6 Å². The van der Waals surface area contributed by atoms with Gasteiger partial charge in [0.2, 0.25) is 11.7 Å². The van der Waals surface area contributed by atoms with Crippen molar-refractivity contribution >= 4 is 5.78 Å². The molecule has 2 heterocycles. The highest BCUT2D eigenvalue weighted by molar-refractivity contribution is 5.96. The molecular weight excluding hydrogens is 280 g/mol.